The molecule has 0 bridgehead atoms. The summed E-state index contributed by atoms with van der Waals surface area (Å²) in [6.07, 6.45) is 22.1. The Balaban J connectivity index is 0. The molecule has 0 aromatic rings. The highest BCUT2D eigenvalue weighted by atomic mass is 16.2. The molecule has 0 radical (unpaired) electrons. The summed E-state index contributed by atoms with van der Waals surface area (Å²) in [6, 6.07) is 0. The van der Waals surface area contributed by atoms with Gasteiger partial charge in [-0.05, 0) is 19.3 Å². The standard InChI is InChI=1S/C17H38N.C6H14O/c1-5-6-7-8-9-10-11-12-13-14-15-16-17-18(2,3)4;1-2-3-4-5-6-7/h5-17H2,1-4H3;7H,2-6H2,1H3/q+1;. The number of aliphatic hydroxyl groups is 1. The Kier molecular flexibility index (Phi) is 23.8. The van der Waals surface area contributed by atoms with Crippen LogP contribution in [0.5, 0.6) is 0 Å². The van der Waals surface area contributed by atoms with Gasteiger partial charge in [-0.25, -0.2) is 0 Å². The Bertz CT molecular complexity index is 219. The van der Waals surface area contributed by atoms with Gasteiger partial charge in [0.1, 0.15) is 0 Å². The zero-order valence-corrected chi connectivity index (χ0v) is 18.6. The largest absolute Gasteiger partial charge is 0.396 e. The fourth-order valence-electron chi connectivity index (χ4n) is 2.97. The lowest BCUT2D eigenvalue weighted by molar-refractivity contribution is -0.870. The molecule has 0 aliphatic rings. The summed E-state index contributed by atoms with van der Waals surface area (Å²) in [7, 11) is 6.87. The maximum Gasteiger partial charge on any atom is 0.0780 e. The van der Waals surface area contributed by atoms with Crippen molar-refractivity contribution in [1.82, 2.24) is 0 Å². The Hall–Kier alpha value is -0.0800. The van der Waals surface area contributed by atoms with Crippen molar-refractivity contribution in [2.24, 2.45) is 0 Å². The quantitative estimate of drug-likeness (QED) is 0.220. The highest BCUT2D eigenvalue weighted by Gasteiger charge is 2.04. The third-order valence-corrected chi connectivity index (χ3v) is 4.69. The van der Waals surface area contributed by atoms with Gasteiger partial charge in [0.25, 0.3) is 0 Å². The third-order valence-electron chi connectivity index (χ3n) is 4.69. The van der Waals surface area contributed by atoms with Crippen LogP contribution in [0, 0.1) is 0 Å². The lowest BCUT2D eigenvalue weighted by Gasteiger charge is -2.23. The first-order valence-corrected chi connectivity index (χ1v) is 11.4. The predicted molar refractivity (Wildman–Crippen MR) is 115 cm³/mol. The molecule has 2 heteroatoms. The summed E-state index contributed by atoms with van der Waals surface area (Å²) in [6.45, 7) is 6.15. The molecule has 0 amide bonds. The first-order chi connectivity index (χ1) is 12.0. The Morgan fingerprint density at radius 2 is 0.800 bits per heavy atom. The first kappa shape index (κ1) is 27.1. The SMILES string of the molecule is CCCCCCCCCCCCCC[N+](C)(C)C.CCCCCCO. The van der Waals surface area contributed by atoms with E-state index in [0.29, 0.717) is 6.61 Å². The zero-order chi connectivity index (χ0) is 19.2. The van der Waals surface area contributed by atoms with E-state index in [1.54, 1.807) is 0 Å². The van der Waals surface area contributed by atoms with Gasteiger partial charge in [-0.1, -0.05) is 97.3 Å². The van der Waals surface area contributed by atoms with E-state index >= 15 is 0 Å². The molecule has 0 fully saturated rings. The summed E-state index contributed by atoms with van der Waals surface area (Å²) < 4.78 is 1.12. The molecule has 25 heavy (non-hydrogen) atoms. The molecule has 154 valence electrons. The molecule has 0 aromatic carbocycles. The number of hydrogen-bond donors (Lipinski definition) is 1. The summed E-state index contributed by atoms with van der Waals surface area (Å²) in [5, 5.41) is 8.29. The number of rotatable bonds is 17. The van der Waals surface area contributed by atoms with Crippen LogP contribution in [0.25, 0.3) is 0 Å². The number of quaternary nitrogens is 1. The smallest absolute Gasteiger partial charge is 0.0780 e. The number of unbranched alkanes of at least 4 members (excludes halogenated alkanes) is 14. The van der Waals surface area contributed by atoms with Gasteiger partial charge in [0.15, 0.2) is 0 Å². The van der Waals surface area contributed by atoms with Gasteiger partial charge in [-0.3, -0.25) is 0 Å². The van der Waals surface area contributed by atoms with Crippen LogP contribution in [-0.2, 0) is 0 Å². The van der Waals surface area contributed by atoms with Gasteiger partial charge in [-0.2, -0.15) is 0 Å². The van der Waals surface area contributed by atoms with Crippen LogP contribution < -0.4 is 0 Å². The minimum Gasteiger partial charge on any atom is -0.396 e. The first-order valence-electron chi connectivity index (χ1n) is 11.4. The van der Waals surface area contributed by atoms with Gasteiger partial charge in [0.05, 0.1) is 27.7 Å². The van der Waals surface area contributed by atoms with E-state index in [0.717, 1.165) is 10.9 Å². The van der Waals surface area contributed by atoms with Gasteiger partial charge < -0.3 is 9.59 Å². The Morgan fingerprint density at radius 3 is 1.12 bits per heavy atom. The molecule has 0 unspecified atom stereocenters. The highest BCUT2D eigenvalue weighted by Crippen LogP contribution is 2.12. The summed E-state index contributed by atoms with van der Waals surface area (Å²) in [5.41, 5.74) is 0. The normalized spacial score (nSPS) is 11.3. The van der Waals surface area contributed by atoms with Gasteiger partial charge >= 0.3 is 0 Å². The van der Waals surface area contributed by atoms with Crippen molar-refractivity contribution < 1.29 is 9.59 Å². The van der Waals surface area contributed by atoms with Gasteiger partial charge in [0.2, 0.25) is 0 Å². The van der Waals surface area contributed by atoms with E-state index in [2.05, 4.69) is 35.0 Å². The van der Waals surface area contributed by atoms with Crippen molar-refractivity contribution in [3.05, 3.63) is 0 Å². The van der Waals surface area contributed by atoms with Crippen molar-refractivity contribution >= 4 is 0 Å². The van der Waals surface area contributed by atoms with E-state index in [-0.39, 0.29) is 0 Å². The van der Waals surface area contributed by atoms with Crippen LogP contribution in [0.4, 0.5) is 0 Å². The molecule has 1 N–H and O–H groups in total. The fourth-order valence-corrected chi connectivity index (χ4v) is 2.97. The van der Waals surface area contributed by atoms with E-state index in [1.807, 2.05) is 0 Å². The summed E-state index contributed by atoms with van der Waals surface area (Å²) >= 11 is 0. The molecular formula is C23H52NO+. The minimum atomic E-state index is 0.361. The highest BCUT2D eigenvalue weighted by molar-refractivity contribution is 4.48. The van der Waals surface area contributed by atoms with Crippen LogP contribution in [-0.4, -0.2) is 43.9 Å². The average molecular weight is 359 g/mol. The molecule has 0 saturated heterocycles. The van der Waals surface area contributed by atoms with Crippen molar-refractivity contribution in [3.8, 4) is 0 Å². The second-order valence-electron chi connectivity index (χ2n) is 8.69. The predicted octanol–water partition coefficient (Wildman–Crippen LogP) is 6.95. The van der Waals surface area contributed by atoms with Gasteiger partial charge in [-0.15, -0.1) is 0 Å². The van der Waals surface area contributed by atoms with E-state index in [9.17, 15) is 0 Å². The number of hydrogen-bond acceptors (Lipinski definition) is 1. The second-order valence-corrected chi connectivity index (χ2v) is 8.69. The molecule has 0 atom stereocenters. The van der Waals surface area contributed by atoms with Crippen LogP contribution in [0.2, 0.25) is 0 Å². The molecule has 0 aliphatic carbocycles. The fraction of sp³-hybridized carbons (Fsp3) is 1.00. The minimum absolute atomic E-state index is 0.361. The topological polar surface area (TPSA) is 20.2 Å². The molecule has 0 saturated carbocycles. The Labute approximate surface area is 161 Å². The van der Waals surface area contributed by atoms with Crippen molar-refractivity contribution in [2.45, 2.75) is 117 Å². The molecule has 0 rings (SSSR count). The third kappa shape index (κ3) is 32.1. The monoisotopic (exact) mass is 358 g/mol. The number of nitrogens with zero attached hydrogens (tertiary/aromatic N) is 1. The van der Waals surface area contributed by atoms with E-state index in [1.165, 1.54) is 103 Å². The zero-order valence-electron chi connectivity index (χ0n) is 18.6. The van der Waals surface area contributed by atoms with Crippen LogP contribution in [0.1, 0.15) is 117 Å². The van der Waals surface area contributed by atoms with E-state index < -0.39 is 0 Å². The van der Waals surface area contributed by atoms with Crippen LogP contribution >= 0.6 is 0 Å². The molecule has 0 aliphatic heterocycles. The molecule has 0 spiro atoms. The maximum atomic E-state index is 8.29. The average Bonchev–Trinajstić information content (AvgIpc) is 2.56. The van der Waals surface area contributed by atoms with Crippen LogP contribution in [0.3, 0.4) is 0 Å². The van der Waals surface area contributed by atoms with Crippen molar-refractivity contribution in [3.63, 3.8) is 0 Å². The molecule has 2 nitrogen and oxygen atoms in total. The van der Waals surface area contributed by atoms with E-state index in [4.69, 9.17) is 5.11 Å². The number of aliphatic hydroxyl groups excluding tert-OH is 1. The summed E-state index contributed by atoms with van der Waals surface area (Å²) in [4.78, 5) is 0. The van der Waals surface area contributed by atoms with Gasteiger partial charge in [0, 0.05) is 6.61 Å². The lowest BCUT2D eigenvalue weighted by Crippen LogP contribution is -2.35. The maximum absolute atomic E-state index is 8.29. The Morgan fingerprint density at radius 1 is 0.480 bits per heavy atom. The summed E-state index contributed by atoms with van der Waals surface area (Å²) in [5.74, 6) is 0. The van der Waals surface area contributed by atoms with Crippen molar-refractivity contribution in [2.75, 3.05) is 34.3 Å². The lowest BCUT2D eigenvalue weighted by atomic mass is 10.1. The molecular weight excluding hydrogens is 306 g/mol. The van der Waals surface area contributed by atoms with Crippen molar-refractivity contribution in [1.29, 1.82) is 0 Å². The molecule has 0 aromatic heterocycles. The molecule has 0 heterocycles. The van der Waals surface area contributed by atoms with Crippen LogP contribution in [0.15, 0.2) is 0 Å². The second kappa shape index (κ2) is 22.0.